The Balaban J connectivity index is 1.50. The van der Waals surface area contributed by atoms with Crippen LogP contribution in [0.1, 0.15) is 45.6 Å². The lowest BCUT2D eigenvalue weighted by Gasteiger charge is -2.25. The van der Waals surface area contributed by atoms with E-state index in [-0.39, 0.29) is 12.5 Å². The second kappa shape index (κ2) is 7.60. The number of hydrogen-bond donors (Lipinski definition) is 1. The summed E-state index contributed by atoms with van der Waals surface area (Å²) in [4.78, 5) is 24.0. The van der Waals surface area contributed by atoms with Gasteiger partial charge in [0.05, 0.1) is 48.0 Å². The van der Waals surface area contributed by atoms with Crippen LogP contribution in [0.2, 0.25) is 0 Å². The molecule has 32 heavy (non-hydrogen) atoms. The molecule has 2 aliphatic rings. The van der Waals surface area contributed by atoms with E-state index in [1.807, 2.05) is 12.1 Å². The van der Waals surface area contributed by atoms with Crippen LogP contribution >= 0.6 is 0 Å². The fraction of sp³-hybridized carbons (Fsp3) is 0.292. The molecule has 1 aliphatic carbocycles. The first-order valence-electron chi connectivity index (χ1n) is 10.4. The summed E-state index contributed by atoms with van der Waals surface area (Å²) >= 11 is 0. The summed E-state index contributed by atoms with van der Waals surface area (Å²) in [6.45, 7) is 1.45. The van der Waals surface area contributed by atoms with Gasteiger partial charge in [0, 0.05) is 29.3 Å². The first kappa shape index (κ1) is 19.9. The van der Waals surface area contributed by atoms with Crippen molar-refractivity contribution in [3.05, 3.63) is 64.5 Å². The fourth-order valence-corrected chi connectivity index (χ4v) is 4.09. The topological polar surface area (TPSA) is 129 Å². The highest BCUT2D eigenvalue weighted by Crippen LogP contribution is 2.46. The largest absolute Gasteiger partial charge is 0.383 e. The highest BCUT2D eigenvalue weighted by Gasteiger charge is 2.45. The number of fused-ring (bicyclic) bond motifs is 3. The Kier molecular flexibility index (Phi) is 4.73. The number of anilines is 1. The molecule has 1 fully saturated rings. The van der Waals surface area contributed by atoms with Crippen LogP contribution < -0.4 is 5.73 Å². The van der Waals surface area contributed by atoms with Gasteiger partial charge in [0.25, 0.3) is 5.91 Å². The molecule has 8 nitrogen and oxygen atoms in total. The first-order chi connectivity index (χ1) is 15.5. The van der Waals surface area contributed by atoms with E-state index >= 15 is 0 Å². The van der Waals surface area contributed by atoms with Gasteiger partial charge in [0.1, 0.15) is 11.9 Å². The van der Waals surface area contributed by atoms with Gasteiger partial charge < -0.3 is 15.4 Å². The smallest absolute Gasteiger partial charge is 0.254 e. The third-order valence-electron chi connectivity index (χ3n) is 6.15. The van der Waals surface area contributed by atoms with Gasteiger partial charge in [-0.2, -0.15) is 10.5 Å². The maximum absolute atomic E-state index is 13.6. The maximum atomic E-state index is 13.6. The van der Waals surface area contributed by atoms with Crippen LogP contribution in [0.5, 0.6) is 0 Å². The lowest BCUT2D eigenvalue weighted by Crippen LogP contribution is -2.35. The molecular weight excluding hydrogens is 404 g/mol. The molecule has 1 aliphatic heterocycles. The van der Waals surface area contributed by atoms with E-state index in [1.165, 1.54) is 6.20 Å². The highest BCUT2D eigenvalue weighted by molar-refractivity contribution is 5.99. The number of ether oxygens (including phenoxy) is 1. The van der Waals surface area contributed by atoms with E-state index in [1.54, 1.807) is 29.2 Å². The zero-order valence-corrected chi connectivity index (χ0v) is 17.3. The summed E-state index contributed by atoms with van der Waals surface area (Å²) in [5.41, 5.74) is 9.77. The molecule has 8 heteroatoms. The van der Waals surface area contributed by atoms with E-state index in [4.69, 9.17) is 15.7 Å². The average Bonchev–Trinajstić information content (AvgIpc) is 3.41. The number of benzene rings is 1. The molecule has 0 unspecified atom stereocenters. The van der Waals surface area contributed by atoms with Crippen LogP contribution in [0, 0.1) is 28.1 Å². The molecule has 3 aromatic rings. The number of carbonyl (C=O) groups is 1. The number of carbonyl (C=O) groups excluding carboxylic acids is 1. The van der Waals surface area contributed by atoms with Gasteiger partial charge in [0.15, 0.2) is 0 Å². The zero-order chi connectivity index (χ0) is 22.3. The van der Waals surface area contributed by atoms with Gasteiger partial charge in [-0.05, 0) is 48.7 Å². The Labute approximate surface area is 184 Å². The van der Waals surface area contributed by atoms with Crippen molar-refractivity contribution in [2.75, 3.05) is 12.3 Å². The summed E-state index contributed by atoms with van der Waals surface area (Å²) in [6, 6.07) is 13.2. The number of pyridine rings is 2. The molecule has 0 atom stereocenters. The monoisotopic (exact) mass is 424 g/mol. The maximum Gasteiger partial charge on any atom is 0.254 e. The second-order valence-corrected chi connectivity index (χ2v) is 8.38. The predicted molar refractivity (Wildman–Crippen MR) is 116 cm³/mol. The van der Waals surface area contributed by atoms with Crippen molar-refractivity contribution >= 4 is 22.6 Å². The van der Waals surface area contributed by atoms with Gasteiger partial charge in [-0.3, -0.25) is 9.78 Å². The van der Waals surface area contributed by atoms with E-state index in [9.17, 15) is 10.1 Å². The summed E-state index contributed by atoms with van der Waals surface area (Å²) in [6.07, 6.45) is 3.05. The minimum atomic E-state index is -0.496. The Hall–Kier alpha value is -4.01. The van der Waals surface area contributed by atoms with E-state index < -0.39 is 5.41 Å². The molecular formula is C24H20N6O2. The summed E-state index contributed by atoms with van der Waals surface area (Å²) in [7, 11) is 0. The third-order valence-corrected chi connectivity index (χ3v) is 6.15. The number of aromatic nitrogens is 2. The minimum Gasteiger partial charge on any atom is -0.383 e. The van der Waals surface area contributed by atoms with Gasteiger partial charge in [-0.1, -0.05) is 0 Å². The van der Waals surface area contributed by atoms with Gasteiger partial charge in [-0.25, -0.2) is 4.98 Å². The molecule has 3 heterocycles. The van der Waals surface area contributed by atoms with Gasteiger partial charge in [0.2, 0.25) is 0 Å². The summed E-state index contributed by atoms with van der Waals surface area (Å²) < 4.78 is 5.56. The highest BCUT2D eigenvalue weighted by atomic mass is 16.5. The molecule has 158 valence electrons. The molecule has 0 bridgehead atoms. The third kappa shape index (κ3) is 3.51. The lowest BCUT2D eigenvalue weighted by molar-refractivity contribution is 0.0718. The lowest BCUT2D eigenvalue weighted by atomic mass is 10.0. The van der Waals surface area contributed by atoms with Crippen molar-refractivity contribution < 1.29 is 9.53 Å². The molecule has 0 radical (unpaired) electrons. The van der Waals surface area contributed by atoms with Crippen LogP contribution in [0.15, 0.2) is 36.5 Å². The fourth-order valence-electron chi connectivity index (χ4n) is 4.09. The molecule has 2 aromatic heterocycles. The van der Waals surface area contributed by atoms with Crippen molar-refractivity contribution in [3.8, 4) is 12.1 Å². The molecule has 0 spiro atoms. The normalized spacial score (nSPS) is 15.6. The molecule has 1 amide bonds. The number of nitrogens with zero attached hydrogens (tertiary/aromatic N) is 5. The van der Waals surface area contributed by atoms with Crippen molar-refractivity contribution in [2.24, 2.45) is 5.41 Å². The predicted octanol–water partition coefficient (Wildman–Crippen LogP) is 3.06. The standard InChI is InChI=1S/C24H20N6O2/c25-8-15-1-3-17(28-9-15)10-30(14-24(13-26)5-6-24)23(31)16-2-4-21-18(7-16)19-11-32-12-20(19)22(27)29-21/h1-4,7,9H,5-6,10-12,14H2,(H2,27,29). The molecule has 5 rings (SSSR count). The van der Waals surface area contributed by atoms with E-state index in [2.05, 4.69) is 16.0 Å². The summed E-state index contributed by atoms with van der Waals surface area (Å²) in [5, 5.41) is 19.4. The van der Waals surface area contributed by atoms with Crippen LogP contribution in [0.25, 0.3) is 10.9 Å². The molecule has 0 saturated heterocycles. The van der Waals surface area contributed by atoms with Crippen molar-refractivity contribution in [1.82, 2.24) is 14.9 Å². The quantitative estimate of drug-likeness (QED) is 0.666. The van der Waals surface area contributed by atoms with Crippen molar-refractivity contribution in [2.45, 2.75) is 32.6 Å². The van der Waals surface area contributed by atoms with Crippen LogP contribution in [0.4, 0.5) is 5.82 Å². The molecule has 1 saturated carbocycles. The van der Waals surface area contributed by atoms with Crippen LogP contribution in [-0.2, 0) is 24.5 Å². The van der Waals surface area contributed by atoms with E-state index in [0.29, 0.717) is 42.4 Å². The average molecular weight is 424 g/mol. The number of nitriles is 2. The van der Waals surface area contributed by atoms with Crippen LogP contribution in [0.3, 0.4) is 0 Å². The number of hydrogen-bond acceptors (Lipinski definition) is 7. The number of nitrogens with two attached hydrogens (primary N) is 1. The van der Waals surface area contributed by atoms with Crippen LogP contribution in [-0.4, -0.2) is 27.3 Å². The Bertz CT molecular complexity index is 1320. The minimum absolute atomic E-state index is 0.177. The van der Waals surface area contributed by atoms with Crippen molar-refractivity contribution in [1.29, 1.82) is 10.5 Å². The zero-order valence-electron chi connectivity index (χ0n) is 17.3. The molecule has 1 aromatic carbocycles. The Morgan fingerprint density at radius 2 is 2.00 bits per heavy atom. The van der Waals surface area contributed by atoms with E-state index in [0.717, 1.165) is 34.9 Å². The second-order valence-electron chi connectivity index (χ2n) is 8.38. The number of rotatable bonds is 5. The number of nitrogen functional groups attached to an aromatic ring is 1. The molecule has 2 N–H and O–H groups in total. The summed E-state index contributed by atoms with van der Waals surface area (Å²) in [5.74, 6) is 0.284. The number of amides is 1. The van der Waals surface area contributed by atoms with Gasteiger partial charge in [-0.15, -0.1) is 0 Å². The van der Waals surface area contributed by atoms with Gasteiger partial charge >= 0.3 is 0 Å². The Morgan fingerprint density at radius 1 is 1.19 bits per heavy atom. The first-order valence-corrected chi connectivity index (χ1v) is 10.4. The Morgan fingerprint density at radius 3 is 2.69 bits per heavy atom. The SMILES string of the molecule is N#Cc1ccc(CN(CC2(C#N)CC2)C(=O)c2ccc3nc(N)c4c(c3c2)COC4)nc1. The van der Waals surface area contributed by atoms with Crippen molar-refractivity contribution in [3.63, 3.8) is 0 Å².